The van der Waals surface area contributed by atoms with E-state index in [1.54, 1.807) is 19.2 Å². The van der Waals surface area contributed by atoms with Gasteiger partial charge < -0.3 is 9.42 Å². The Morgan fingerprint density at radius 2 is 2.11 bits per heavy atom. The van der Waals surface area contributed by atoms with E-state index in [1.807, 2.05) is 16.3 Å². The van der Waals surface area contributed by atoms with Crippen LogP contribution in [0.3, 0.4) is 0 Å². The molecule has 4 heterocycles. The van der Waals surface area contributed by atoms with Crippen LogP contribution in [0, 0.1) is 12.7 Å². The lowest BCUT2D eigenvalue weighted by atomic mass is 9.92. The molecule has 2 fully saturated rings. The molecule has 12 heteroatoms. The molecule has 0 radical (unpaired) electrons. The normalized spacial score (nSPS) is 22.5. The number of nitrogens with zero attached hydrogens (tertiary/aromatic N) is 4. The van der Waals surface area contributed by atoms with E-state index in [-0.39, 0.29) is 16.3 Å². The van der Waals surface area contributed by atoms with Crippen molar-refractivity contribution >= 4 is 44.4 Å². The van der Waals surface area contributed by atoms with Gasteiger partial charge in [0.2, 0.25) is 10.0 Å². The van der Waals surface area contributed by atoms with Crippen LogP contribution in [-0.2, 0) is 10.0 Å². The Morgan fingerprint density at radius 3 is 2.77 bits per heavy atom. The molecule has 182 valence electrons. The van der Waals surface area contributed by atoms with Crippen LogP contribution in [0.2, 0.25) is 5.02 Å². The van der Waals surface area contributed by atoms with Crippen molar-refractivity contribution in [3.05, 3.63) is 74.4 Å². The van der Waals surface area contributed by atoms with E-state index in [9.17, 15) is 12.8 Å². The second kappa shape index (κ2) is 8.51. The second-order valence-corrected chi connectivity index (χ2v) is 12.2. The fourth-order valence-electron chi connectivity index (χ4n) is 4.64. The number of amidine groups is 1. The molecular formula is C23H21ClFN5O3S2. The SMILES string of the molecule is Cc1cc(C2=C3C[C@H](NS(=O)(=O)C4CC4)CN3C(c3nccs3)=N[C@H]2c2ccc(F)cc2Cl)no1. The maximum atomic E-state index is 13.9. The van der Waals surface area contributed by atoms with Gasteiger partial charge in [0.05, 0.1) is 5.25 Å². The molecule has 0 spiro atoms. The molecule has 3 aliphatic rings. The number of aryl methyl sites for hydroxylation is 1. The molecule has 0 bridgehead atoms. The summed E-state index contributed by atoms with van der Waals surface area (Å²) in [4.78, 5) is 11.5. The summed E-state index contributed by atoms with van der Waals surface area (Å²) in [5.74, 6) is 0.807. The zero-order valence-corrected chi connectivity index (χ0v) is 21.0. The fourth-order valence-corrected chi connectivity index (χ4v) is 7.13. The van der Waals surface area contributed by atoms with Crippen molar-refractivity contribution in [2.45, 2.75) is 43.5 Å². The number of aliphatic imine (C=N–C) groups is 1. The van der Waals surface area contributed by atoms with Crippen molar-refractivity contribution in [2.75, 3.05) is 6.54 Å². The van der Waals surface area contributed by atoms with Gasteiger partial charge in [-0.05, 0) is 31.9 Å². The third kappa shape index (κ3) is 4.20. The van der Waals surface area contributed by atoms with Gasteiger partial charge >= 0.3 is 0 Å². The van der Waals surface area contributed by atoms with Crippen molar-refractivity contribution in [3.8, 4) is 0 Å². The van der Waals surface area contributed by atoms with Gasteiger partial charge in [-0.3, -0.25) is 4.99 Å². The first-order valence-corrected chi connectivity index (χ1v) is 14.0. The smallest absolute Gasteiger partial charge is 0.214 e. The minimum absolute atomic E-state index is 0.244. The van der Waals surface area contributed by atoms with Crippen LogP contribution in [0.5, 0.6) is 0 Å². The molecule has 8 nitrogen and oxygen atoms in total. The molecule has 1 aromatic carbocycles. The highest BCUT2D eigenvalue weighted by Gasteiger charge is 2.44. The van der Waals surface area contributed by atoms with Gasteiger partial charge in [-0.25, -0.2) is 22.5 Å². The number of fused-ring (bicyclic) bond motifs is 1. The summed E-state index contributed by atoms with van der Waals surface area (Å²) < 4.78 is 47.6. The molecule has 3 aromatic rings. The van der Waals surface area contributed by atoms with Crippen LogP contribution in [0.4, 0.5) is 4.39 Å². The molecule has 0 amide bonds. The lowest BCUT2D eigenvalue weighted by molar-refractivity contribution is 0.395. The van der Waals surface area contributed by atoms with Crippen LogP contribution < -0.4 is 4.72 Å². The molecule has 0 unspecified atom stereocenters. The number of aromatic nitrogens is 2. The number of nitrogens with one attached hydrogen (secondary N) is 1. The van der Waals surface area contributed by atoms with Crippen LogP contribution >= 0.6 is 22.9 Å². The summed E-state index contributed by atoms with van der Waals surface area (Å²) >= 11 is 7.94. The molecule has 1 N–H and O–H groups in total. The molecule has 1 saturated heterocycles. The topological polar surface area (TPSA) is 101 Å². The highest BCUT2D eigenvalue weighted by molar-refractivity contribution is 7.90. The molecule has 35 heavy (non-hydrogen) atoms. The van der Waals surface area contributed by atoms with Gasteiger partial charge in [-0.15, -0.1) is 11.3 Å². The molecular weight excluding hydrogens is 513 g/mol. The summed E-state index contributed by atoms with van der Waals surface area (Å²) in [6.45, 7) is 2.21. The number of thiazole rings is 1. The zero-order chi connectivity index (χ0) is 24.3. The number of hydrogen-bond donors (Lipinski definition) is 1. The molecule has 1 saturated carbocycles. The summed E-state index contributed by atoms with van der Waals surface area (Å²) in [6.07, 6.45) is 3.52. The molecule has 2 atom stereocenters. The zero-order valence-electron chi connectivity index (χ0n) is 18.6. The first-order chi connectivity index (χ1) is 16.8. The lowest BCUT2D eigenvalue weighted by Gasteiger charge is -2.32. The summed E-state index contributed by atoms with van der Waals surface area (Å²) in [5, 5.41) is 6.74. The van der Waals surface area contributed by atoms with Crippen molar-refractivity contribution in [3.63, 3.8) is 0 Å². The van der Waals surface area contributed by atoms with Crippen LogP contribution in [0.1, 0.15) is 47.3 Å². The predicted molar refractivity (Wildman–Crippen MR) is 131 cm³/mol. The fraction of sp³-hybridized carbons (Fsp3) is 0.348. The van der Waals surface area contributed by atoms with Crippen molar-refractivity contribution < 1.29 is 17.3 Å². The Hall–Kier alpha value is -2.60. The number of benzene rings is 1. The van der Waals surface area contributed by atoms with Gasteiger partial charge in [-0.1, -0.05) is 22.8 Å². The average Bonchev–Trinajstić information content (AvgIpc) is 3.17. The standard InChI is InChI=1S/C23H21ClFN5O3S2/c1-12-8-18(28-33-12)20-19-10-14(29-35(31,32)15-3-4-15)11-30(19)22(23-26-6-7-34-23)27-21(20)16-5-2-13(25)9-17(16)24/h2,5-9,14-15,21,29H,3-4,10-11H2,1H3/t14-,21-/m0/s1. The van der Waals surface area contributed by atoms with Crippen molar-refractivity contribution in [2.24, 2.45) is 4.99 Å². The van der Waals surface area contributed by atoms with E-state index < -0.39 is 21.9 Å². The first-order valence-electron chi connectivity index (χ1n) is 11.2. The Morgan fingerprint density at radius 1 is 1.29 bits per heavy atom. The molecule has 1 aliphatic carbocycles. The third-order valence-electron chi connectivity index (χ3n) is 6.34. The van der Waals surface area contributed by atoms with Gasteiger partial charge in [-0.2, -0.15) is 0 Å². The van der Waals surface area contributed by atoms with Crippen molar-refractivity contribution in [1.29, 1.82) is 0 Å². The predicted octanol–water partition coefficient (Wildman–Crippen LogP) is 4.30. The number of halogens is 2. The van der Waals surface area contributed by atoms with Gasteiger partial charge in [0.25, 0.3) is 0 Å². The Labute approximate surface area is 210 Å². The van der Waals surface area contributed by atoms with E-state index in [1.165, 1.54) is 23.5 Å². The minimum Gasteiger partial charge on any atom is -0.361 e. The Bertz CT molecular complexity index is 1460. The van der Waals surface area contributed by atoms with E-state index in [4.69, 9.17) is 21.1 Å². The Balaban J connectivity index is 1.51. The maximum absolute atomic E-state index is 13.9. The highest BCUT2D eigenvalue weighted by Crippen LogP contribution is 2.46. The van der Waals surface area contributed by atoms with Gasteiger partial charge in [0.15, 0.2) is 10.8 Å². The maximum Gasteiger partial charge on any atom is 0.214 e. The largest absolute Gasteiger partial charge is 0.361 e. The number of rotatable bonds is 6. The van der Waals surface area contributed by atoms with Gasteiger partial charge in [0, 0.05) is 58.5 Å². The van der Waals surface area contributed by atoms with E-state index in [0.717, 1.165) is 11.3 Å². The van der Waals surface area contributed by atoms with E-state index >= 15 is 0 Å². The number of sulfonamides is 1. The molecule has 2 aliphatic heterocycles. The van der Waals surface area contributed by atoms with E-state index in [2.05, 4.69) is 14.9 Å². The van der Waals surface area contributed by atoms with Crippen molar-refractivity contribution in [1.82, 2.24) is 19.8 Å². The quantitative estimate of drug-likeness (QED) is 0.507. The summed E-state index contributed by atoms with van der Waals surface area (Å²) in [6, 6.07) is 5.11. The van der Waals surface area contributed by atoms with Crippen LogP contribution in [-0.4, -0.2) is 47.1 Å². The summed E-state index contributed by atoms with van der Waals surface area (Å²) in [5.41, 5.74) is 2.82. The summed E-state index contributed by atoms with van der Waals surface area (Å²) in [7, 11) is -3.39. The second-order valence-electron chi connectivity index (χ2n) is 8.92. The van der Waals surface area contributed by atoms with Crippen LogP contribution in [0.25, 0.3) is 5.57 Å². The Kier molecular flexibility index (Phi) is 5.55. The van der Waals surface area contributed by atoms with E-state index in [0.29, 0.717) is 53.7 Å². The third-order valence-corrected chi connectivity index (χ3v) is 9.45. The van der Waals surface area contributed by atoms with Crippen LogP contribution in [0.15, 0.2) is 51.1 Å². The molecule has 6 rings (SSSR count). The minimum atomic E-state index is -3.39. The molecule has 2 aromatic heterocycles. The monoisotopic (exact) mass is 533 g/mol. The lowest BCUT2D eigenvalue weighted by Crippen LogP contribution is -2.40. The number of hydrogen-bond acceptors (Lipinski definition) is 8. The first kappa shape index (κ1) is 22.8. The van der Waals surface area contributed by atoms with Gasteiger partial charge in [0.1, 0.15) is 23.3 Å². The average molecular weight is 534 g/mol. The highest BCUT2D eigenvalue weighted by atomic mass is 35.5.